The van der Waals surface area contributed by atoms with Crippen molar-refractivity contribution < 1.29 is 46.6 Å². The van der Waals surface area contributed by atoms with Gasteiger partial charge in [-0.3, -0.25) is 19.2 Å². The van der Waals surface area contributed by atoms with E-state index in [1.54, 1.807) is 4.90 Å². The van der Waals surface area contributed by atoms with E-state index in [0.29, 0.717) is 25.9 Å². The third kappa shape index (κ3) is 6.14. The molecule has 0 spiro atoms. The van der Waals surface area contributed by atoms with E-state index in [0.717, 1.165) is 25.7 Å². The Hall–Kier alpha value is -3.18. The number of ether oxygens (including phenoxy) is 1. The van der Waals surface area contributed by atoms with Crippen molar-refractivity contribution in [1.29, 1.82) is 0 Å². The Balaban J connectivity index is 1.59. The Kier molecular flexibility index (Phi) is 8.57. The average Bonchev–Trinajstić information content (AvgIpc) is 3.29. The third-order valence-corrected chi connectivity index (χ3v) is 6.89. The predicted octanol–water partition coefficient (Wildman–Crippen LogP) is 2.97. The summed E-state index contributed by atoms with van der Waals surface area (Å²) in [4.78, 5) is 51.0. The fraction of sp³-hybridized carbons (Fsp3) is 0.583. The molecule has 1 heterocycles. The topological polar surface area (TPSA) is 113 Å². The number of carbonyl (C=O) groups is 4. The number of carbonyl (C=O) groups excluding carboxylic acids is 3. The minimum Gasteiger partial charge on any atom is -0.481 e. The average molecular weight is 516 g/mol. The van der Waals surface area contributed by atoms with Gasteiger partial charge < -0.3 is 20.1 Å². The first-order valence-corrected chi connectivity index (χ1v) is 11.7. The van der Waals surface area contributed by atoms with Crippen LogP contribution in [0.3, 0.4) is 0 Å². The monoisotopic (exact) mass is 516 g/mol. The zero-order valence-electron chi connectivity index (χ0n) is 19.8. The highest BCUT2D eigenvalue weighted by Gasteiger charge is 2.41. The maximum Gasteiger partial charge on any atom is 0.305 e. The number of likely N-dealkylation sites (tertiary alicyclic amines) is 1. The quantitative estimate of drug-likeness (QED) is 0.386. The summed E-state index contributed by atoms with van der Waals surface area (Å²) in [5, 5.41) is 11.4. The van der Waals surface area contributed by atoms with Gasteiger partial charge in [0.2, 0.25) is 23.4 Å². The number of hydrogen-bond donors (Lipinski definition) is 2. The summed E-state index contributed by atoms with van der Waals surface area (Å²) < 4.78 is 58.8. The van der Waals surface area contributed by atoms with Crippen LogP contribution in [0, 0.1) is 34.6 Å². The molecule has 8 nitrogen and oxygen atoms in total. The summed E-state index contributed by atoms with van der Waals surface area (Å²) in [6, 6.07) is -1.63. The van der Waals surface area contributed by atoms with Gasteiger partial charge in [-0.2, -0.15) is 8.78 Å². The van der Waals surface area contributed by atoms with E-state index in [2.05, 4.69) is 10.1 Å². The number of halogens is 4. The van der Waals surface area contributed by atoms with Gasteiger partial charge in [-0.1, -0.05) is 19.8 Å². The van der Waals surface area contributed by atoms with Crippen LogP contribution in [0.4, 0.5) is 17.6 Å². The summed E-state index contributed by atoms with van der Waals surface area (Å²) in [5.74, 6) is -12.3. The Morgan fingerprint density at radius 1 is 1.08 bits per heavy atom. The number of piperidine rings is 1. The van der Waals surface area contributed by atoms with Crippen LogP contribution in [0.15, 0.2) is 6.07 Å². The summed E-state index contributed by atoms with van der Waals surface area (Å²) >= 11 is 0. The molecule has 0 aromatic heterocycles. The van der Waals surface area contributed by atoms with E-state index in [4.69, 9.17) is 5.11 Å². The van der Waals surface area contributed by atoms with Gasteiger partial charge >= 0.3 is 5.97 Å². The first kappa shape index (κ1) is 27.4. The third-order valence-electron chi connectivity index (χ3n) is 6.89. The lowest BCUT2D eigenvalue weighted by Crippen LogP contribution is -2.50. The molecule has 2 aliphatic rings. The fourth-order valence-corrected chi connectivity index (χ4v) is 4.73. The highest BCUT2D eigenvalue weighted by Crippen LogP contribution is 2.39. The summed E-state index contributed by atoms with van der Waals surface area (Å²) in [6.45, 7) is 1.50. The normalized spacial score (nSPS) is 18.5. The van der Waals surface area contributed by atoms with Crippen molar-refractivity contribution in [3.8, 4) is 5.75 Å². The number of carboxylic acids is 1. The number of rotatable bonds is 9. The second-order valence-corrected chi connectivity index (χ2v) is 9.55. The van der Waals surface area contributed by atoms with Crippen LogP contribution in [0.25, 0.3) is 0 Å². The molecule has 1 aliphatic carbocycles. The van der Waals surface area contributed by atoms with E-state index < -0.39 is 77.1 Å². The molecule has 3 rings (SSSR count). The van der Waals surface area contributed by atoms with Crippen LogP contribution in [-0.4, -0.2) is 59.3 Å². The molecule has 36 heavy (non-hydrogen) atoms. The second-order valence-electron chi connectivity index (χ2n) is 9.55. The number of carboxylic acid groups (broad SMARTS) is 1. The molecule has 1 aliphatic heterocycles. The summed E-state index contributed by atoms with van der Waals surface area (Å²) in [7, 11) is 0. The van der Waals surface area contributed by atoms with Crippen LogP contribution < -0.4 is 10.1 Å². The molecular weight excluding hydrogens is 488 g/mol. The number of Topliss-reactive ketones (excluding diaryl/α,β-unsaturated/α-hetero) is 1. The molecule has 2 N–H and O–H groups in total. The van der Waals surface area contributed by atoms with E-state index in [1.165, 1.54) is 0 Å². The largest absolute Gasteiger partial charge is 0.481 e. The molecule has 2 fully saturated rings. The lowest BCUT2D eigenvalue weighted by molar-refractivity contribution is -0.145. The molecule has 2 amide bonds. The zero-order chi connectivity index (χ0) is 26.6. The van der Waals surface area contributed by atoms with Crippen molar-refractivity contribution >= 4 is 23.6 Å². The van der Waals surface area contributed by atoms with E-state index in [-0.39, 0.29) is 12.0 Å². The molecule has 0 bridgehead atoms. The minimum absolute atomic E-state index is 0.0280. The van der Waals surface area contributed by atoms with E-state index in [1.807, 2.05) is 6.92 Å². The molecule has 0 radical (unpaired) electrons. The first-order chi connectivity index (χ1) is 16.9. The maximum atomic E-state index is 13.8. The van der Waals surface area contributed by atoms with Gasteiger partial charge in [0.05, 0.1) is 6.42 Å². The van der Waals surface area contributed by atoms with Crippen LogP contribution in [0.2, 0.25) is 0 Å². The Bertz CT molecular complexity index is 1010. The molecule has 1 unspecified atom stereocenters. The van der Waals surface area contributed by atoms with Crippen LogP contribution in [-0.2, 0) is 19.2 Å². The predicted molar refractivity (Wildman–Crippen MR) is 117 cm³/mol. The van der Waals surface area contributed by atoms with Gasteiger partial charge in [0.25, 0.3) is 0 Å². The number of nitrogens with one attached hydrogen (secondary N) is 1. The van der Waals surface area contributed by atoms with Crippen molar-refractivity contribution in [2.45, 2.75) is 57.9 Å². The maximum absolute atomic E-state index is 13.8. The van der Waals surface area contributed by atoms with Crippen LogP contribution in [0.5, 0.6) is 5.75 Å². The standard InChI is InChI=1S/C24H28F4N2O6/c1-24(6-2-3-7-24)23(35)30-8-4-13(5-9-30)22(34)29-16(11-18(32)33)17(31)12-36-21-19(27)14(25)10-15(26)20(21)28/h10,13,16H,2-9,11-12H2,1H3,(H,29,34)(H,32,33). The van der Waals surface area contributed by atoms with E-state index >= 15 is 0 Å². The van der Waals surface area contributed by atoms with Gasteiger partial charge in [0.15, 0.2) is 23.2 Å². The van der Waals surface area contributed by atoms with Gasteiger partial charge in [-0.25, -0.2) is 8.78 Å². The molecule has 12 heteroatoms. The number of amides is 2. The van der Waals surface area contributed by atoms with Gasteiger partial charge in [0.1, 0.15) is 12.6 Å². The van der Waals surface area contributed by atoms with Crippen molar-refractivity contribution in [2.24, 2.45) is 11.3 Å². The lowest BCUT2D eigenvalue weighted by Gasteiger charge is -2.36. The summed E-state index contributed by atoms with van der Waals surface area (Å²) in [6.07, 6.45) is 3.43. The molecule has 1 atom stereocenters. The molecular formula is C24H28F4N2O6. The van der Waals surface area contributed by atoms with Crippen LogP contribution in [0.1, 0.15) is 51.9 Å². The molecule has 1 aromatic rings. The first-order valence-electron chi connectivity index (χ1n) is 11.7. The Labute approximate surface area is 205 Å². The highest BCUT2D eigenvalue weighted by molar-refractivity contribution is 5.93. The smallest absolute Gasteiger partial charge is 0.305 e. The number of hydrogen-bond acceptors (Lipinski definition) is 5. The number of ketones is 1. The lowest BCUT2D eigenvalue weighted by atomic mass is 9.85. The number of aliphatic carboxylic acids is 1. The second kappa shape index (κ2) is 11.3. The SMILES string of the molecule is CC1(C(=O)N2CCC(C(=O)NC(CC(=O)O)C(=O)COc3c(F)c(F)cc(F)c3F)CC2)CCCC1. The van der Waals surface area contributed by atoms with Crippen molar-refractivity contribution in [3.05, 3.63) is 29.3 Å². The molecule has 198 valence electrons. The molecule has 1 saturated carbocycles. The van der Waals surface area contributed by atoms with Crippen molar-refractivity contribution in [3.63, 3.8) is 0 Å². The van der Waals surface area contributed by atoms with E-state index in [9.17, 15) is 36.7 Å². The number of benzene rings is 1. The zero-order valence-corrected chi connectivity index (χ0v) is 19.8. The molecule has 1 aromatic carbocycles. The van der Waals surface area contributed by atoms with Gasteiger partial charge in [-0.05, 0) is 25.7 Å². The Morgan fingerprint density at radius 2 is 1.64 bits per heavy atom. The Morgan fingerprint density at radius 3 is 2.17 bits per heavy atom. The fourth-order valence-electron chi connectivity index (χ4n) is 4.73. The van der Waals surface area contributed by atoms with Crippen molar-refractivity contribution in [2.75, 3.05) is 19.7 Å². The van der Waals surface area contributed by atoms with Gasteiger partial charge in [0, 0.05) is 30.5 Å². The van der Waals surface area contributed by atoms with Gasteiger partial charge in [-0.15, -0.1) is 0 Å². The highest BCUT2D eigenvalue weighted by atomic mass is 19.2. The number of nitrogens with zero attached hydrogens (tertiary/aromatic N) is 1. The summed E-state index contributed by atoms with van der Waals surface area (Å²) in [5.41, 5.74) is -0.391. The minimum atomic E-state index is -1.85. The van der Waals surface area contributed by atoms with Crippen LogP contribution >= 0.6 is 0 Å². The molecule has 1 saturated heterocycles. The van der Waals surface area contributed by atoms with Crippen molar-refractivity contribution in [1.82, 2.24) is 10.2 Å².